The molecule has 1 aromatic heterocycles. The van der Waals surface area contributed by atoms with E-state index in [0.29, 0.717) is 12.1 Å². The van der Waals surface area contributed by atoms with Gasteiger partial charge in [0, 0.05) is 13.2 Å². The summed E-state index contributed by atoms with van der Waals surface area (Å²) < 4.78 is 1.67. The number of aromatic nitrogens is 2. The number of nitrogens with zero attached hydrogens (tertiary/aromatic N) is 3. The number of oxime groups is 1. The van der Waals surface area contributed by atoms with Gasteiger partial charge in [-0.15, -0.1) is 0 Å². The Morgan fingerprint density at radius 2 is 2.47 bits per heavy atom. The molecule has 7 heteroatoms. The van der Waals surface area contributed by atoms with Crippen molar-refractivity contribution in [1.82, 2.24) is 14.9 Å². The van der Waals surface area contributed by atoms with E-state index in [-0.39, 0.29) is 11.7 Å². The van der Waals surface area contributed by atoms with E-state index in [1.165, 1.54) is 6.33 Å². The molecule has 0 bridgehead atoms. The van der Waals surface area contributed by atoms with Gasteiger partial charge in [-0.1, -0.05) is 18.5 Å². The van der Waals surface area contributed by atoms with Crippen LogP contribution in [0.1, 0.15) is 30.3 Å². The van der Waals surface area contributed by atoms with Crippen LogP contribution in [0, 0.1) is 0 Å². The van der Waals surface area contributed by atoms with Crippen LogP contribution in [0.5, 0.6) is 0 Å². The third-order valence-electron chi connectivity index (χ3n) is 2.29. The summed E-state index contributed by atoms with van der Waals surface area (Å²) >= 11 is 0. The minimum absolute atomic E-state index is 0.00358. The lowest BCUT2D eigenvalue weighted by Crippen LogP contribution is -2.44. The van der Waals surface area contributed by atoms with Gasteiger partial charge in [-0.25, -0.2) is 4.98 Å². The molecule has 0 saturated carbocycles. The SMILES string of the molecule is CCCC(NC(=O)c1cn(C)cn1)C(N)=NO. The number of amides is 1. The van der Waals surface area contributed by atoms with Crippen LogP contribution in [-0.4, -0.2) is 32.5 Å². The molecule has 0 saturated heterocycles. The lowest BCUT2D eigenvalue weighted by Gasteiger charge is -2.15. The van der Waals surface area contributed by atoms with Crippen molar-refractivity contribution in [2.45, 2.75) is 25.8 Å². The summed E-state index contributed by atoms with van der Waals surface area (Å²) in [5.74, 6) is -0.341. The van der Waals surface area contributed by atoms with Gasteiger partial charge in [-0.2, -0.15) is 0 Å². The zero-order valence-electron chi connectivity index (χ0n) is 9.92. The zero-order valence-corrected chi connectivity index (χ0v) is 9.92. The van der Waals surface area contributed by atoms with Gasteiger partial charge in [0.25, 0.3) is 5.91 Å². The van der Waals surface area contributed by atoms with Gasteiger partial charge in [0.15, 0.2) is 5.84 Å². The number of rotatable bonds is 5. The Morgan fingerprint density at radius 1 is 1.76 bits per heavy atom. The predicted octanol–water partition coefficient (Wildman–Crippen LogP) is 0.0650. The number of nitrogens with two attached hydrogens (primary N) is 1. The Bertz CT molecular complexity index is 413. The van der Waals surface area contributed by atoms with Crippen molar-refractivity contribution in [3.63, 3.8) is 0 Å². The van der Waals surface area contributed by atoms with Crippen molar-refractivity contribution in [2.75, 3.05) is 0 Å². The Kier molecular flexibility index (Phi) is 4.50. The molecule has 17 heavy (non-hydrogen) atoms. The summed E-state index contributed by atoms with van der Waals surface area (Å²) in [6.45, 7) is 1.95. The lowest BCUT2D eigenvalue weighted by molar-refractivity contribution is 0.0940. The molecule has 94 valence electrons. The fourth-order valence-electron chi connectivity index (χ4n) is 1.41. The first-order chi connectivity index (χ1) is 8.08. The van der Waals surface area contributed by atoms with Gasteiger partial charge in [-0.05, 0) is 6.42 Å². The highest BCUT2D eigenvalue weighted by Crippen LogP contribution is 2.00. The maximum Gasteiger partial charge on any atom is 0.272 e. The highest BCUT2D eigenvalue weighted by Gasteiger charge is 2.18. The van der Waals surface area contributed by atoms with Gasteiger partial charge >= 0.3 is 0 Å². The average molecular weight is 239 g/mol. The standard InChI is InChI=1S/C10H17N5O2/c1-3-4-7(9(11)14-17)13-10(16)8-5-15(2)6-12-8/h5-7,17H,3-4H2,1-2H3,(H2,11,14)(H,13,16). The molecule has 0 aromatic carbocycles. The van der Waals surface area contributed by atoms with E-state index in [1.54, 1.807) is 17.8 Å². The number of hydrogen-bond donors (Lipinski definition) is 3. The molecule has 0 radical (unpaired) electrons. The number of carbonyl (C=O) groups is 1. The Hall–Kier alpha value is -2.05. The van der Waals surface area contributed by atoms with E-state index in [9.17, 15) is 4.79 Å². The molecule has 1 rings (SSSR count). The molecule has 7 nitrogen and oxygen atoms in total. The zero-order chi connectivity index (χ0) is 12.8. The van der Waals surface area contributed by atoms with Crippen LogP contribution < -0.4 is 11.1 Å². The summed E-state index contributed by atoms with van der Waals surface area (Å²) in [7, 11) is 1.77. The predicted molar refractivity (Wildman–Crippen MR) is 62.8 cm³/mol. The van der Waals surface area contributed by atoms with Gasteiger partial charge in [-0.3, -0.25) is 4.79 Å². The number of amidine groups is 1. The minimum Gasteiger partial charge on any atom is -0.409 e. The normalized spacial score (nSPS) is 13.4. The Morgan fingerprint density at radius 3 is 2.94 bits per heavy atom. The average Bonchev–Trinajstić information content (AvgIpc) is 2.74. The molecule has 1 atom stereocenters. The molecular weight excluding hydrogens is 222 g/mol. The van der Waals surface area contributed by atoms with Crippen LogP contribution in [0.2, 0.25) is 0 Å². The number of aryl methyl sites for hydroxylation is 1. The van der Waals surface area contributed by atoms with Crippen LogP contribution >= 0.6 is 0 Å². The quantitative estimate of drug-likeness (QED) is 0.292. The third kappa shape index (κ3) is 3.47. The topological polar surface area (TPSA) is 106 Å². The van der Waals surface area contributed by atoms with E-state index in [0.717, 1.165) is 6.42 Å². The molecule has 0 fully saturated rings. The molecule has 0 aliphatic heterocycles. The fraction of sp³-hybridized carbons (Fsp3) is 0.500. The summed E-state index contributed by atoms with van der Waals surface area (Å²) in [4.78, 5) is 15.7. The van der Waals surface area contributed by atoms with Crippen molar-refractivity contribution >= 4 is 11.7 Å². The van der Waals surface area contributed by atoms with Crippen LogP contribution in [-0.2, 0) is 7.05 Å². The van der Waals surface area contributed by atoms with Gasteiger partial charge in [0.05, 0.1) is 12.4 Å². The third-order valence-corrected chi connectivity index (χ3v) is 2.29. The molecule has 0 spiro atoms. The van der Waals surface area contributed by atoms with Crippen molar-refractivity contribution < 1.29 is 10.0 Å². The monoisotopic (exact) mass is 239 g/mol. The number of hydrogen-bond acceptors (Lipinski definition) is 4. The van der Waals surface area contributed by atoms with Crippen molar-refractivity contribution in [3.8, 4) is 0 Å². The molecule has 0 aliphatic carbocycles. The number of carbonyl (C=O) groups excluding carboxylic acids is 1. The van der Waals surface area contributed by atoms with Crippen molar-refractivity contribution in [2.24, 2.45) is 17.9 Å². The van der Waals surface area contributed by atoms with E-state index in [2.05, 4.69) is 15.5 Å². The van der Waals surface area contributed by atoms with Crippen LogP contribution in [0.4, 0.5) is 0 Å². The fourth-order valence-corrected chi connectivity index (χ4v) is 1.41. The largest absolute Gasteiger partial charge is 0.409 e. The molecule has 0 aliphatic rings. The van der Waals surface area contributed by atoms with Gasteiger partial charge in [0.1, 0.15) is 5.69 Å². The summed E-state index contributed by atoms with van der Waals surface area (Å²) in [6, 6.07) is -0.473. The van der Waals surface area contributed by atoms with Crippen LogP contribution in [0.3, 0.4) is 0 Å². The summed E-state index contributed by atoms with van der Waals surface area (Å²) in [6.07, 6.45) is 4.55. The lowest BCUT2D eigenvalue weighted by atomic mass is 10.1. The molecule has 4 N–H and O–H groups in total. The first-order valence-corrected chi connectivity index (χ1v) is 5.34. The first kappa shape index (κ1) is 13.0. The van der Waals surface area contributed by atoms with Crippen molar-refractivity contribution in [3.05, 3.63) is 18.2 Å². The number of imidazole rings is 1. The molecular formula is C10H17N5O2. The summed E-state index contributed by atoms with van der Waals surface area (Å²) in [5.41, 5.74) is 5.80. The van der Waals surface area contributed by atoms with Crippen molar-refractivity contribution in [1.29, 1.82) is 0 Å². The van der Waals surface area contributed by atoms with Gasteiger partial charge < -0.3 is 20.8 Å². The first-order valence-electron chi connectivity index (χ1n) is 5.34. The maximum absolute atomic E-state index is 11.8. The highest BCUT2D eigenvalue weighted by molar-refractivity contribution is 5.96. The van der Waals surface area contributed by atoms with Gasteiger partial charge in [0.2, 0.25) is 0 Å². The van der Waals surface area contributed by atoms with E-state index < -0.39 is 6.04 Å². The highest BCUT2D eigenvalue weighted by atomic mass is 16.4. The second kappa shape index (κ2) is 5.88. The summed E-state index contributed by atoms with van der Waals surface area (Å²) in [5, 5.41) is 14.2. The second-order valence-corrected chi connectivity index (χ2v) is 3.76. The van der Waals surface area contributed by atoms with Crippen LogP contribution in [0.15, 0.2) is 17.7 Å². The molecule has 1 unspecified atom stereocenters. The minimum atomic E-state index is -0.473. The van der Waals surface area contributed by atoms with Crippen LogP contribution in [0.25, 0.3) is 0 Å². The molecule has 1 amide bonds. The van der Waals surface area contributed by atoms with E-state index in [1.807, 2.05) is 6.92 Å². The molecule has 1 heterocycles. The number of nitrogens with one attached hydrogen (secondary N) is 1. The van der Waals surface area contributed by atoms with E-state index in [4.69, 9.17) is 10.9 Å². The Balaban J connectivity index is 2.70. The second-order valence-electron chi connectivity index (χ2n) is 3.76. The Labute approximate surface area is 99.3 Å². The maximum atomic E-state index is 11.8. The smallest absolute Gasteiger partial charge is 0.272 e. The molecule has 1 aromatic rings. The van der Waals surface area contributed by atoms with E-state index >= 15 is 0 Å².